The van der Waals surface area contributed by atoms with Crippen LogP contribution in [-0.2, 0) is 47.7 Å². The van der Waals surface area contributed by atoms with Gasteiger partial charge in [0.05, 0.1) is 65.8 Å². The molecule has 28 nitrogen and oxygen atoms in total. The van der Waals surface area contributed by atoms with Crippen molar-refractivity contribution >= 4 is 144 Å². The molecule has 6 aromatic heterocycles. The molecule has 4 N–H and O–H groups in total. The molecule has 0 aliphatic carbocycles. The van der Waals surface area contributed by atoms with Gasteiger partial charge in [0.15, 0.2) is 30.6 Å². The van der Waals surface area contributed by atoms with Crippen molar-refractivity contribution in [3.05, 3.63) is 242 Å². The molecule has 0 aliphatic rings. The summed E-state index contributed by atoms with van der Waals surface area (Å²) in [6.07, 6.45) is 0. The molecular weight excluding hydrogens is 1560 g/mol. The molecule has 0 amide bonds. The number of benzene rings is 8. The smallest absolute Gasteiger partial charge is 0.535 e. The zero-order valence-electron chi connectivity index (χ0n) is 55.0. The molecule has 0 bridgehead atoms. The number of nitrogens with zero attached hydrogens (tertiary/aromatic N) is 10. The van der Waals surface area contributed by atoms with Gasteiger partial charge in [0.25, 0.3) is 26.7 Å². The predicted molar refractivity (Wildman–Crippen MR) is 401 cm³/mol. The van der Waals surface area contributed by atoms with E-state index in [1.54, 1.807) is 110 Å². The van der Waals surface area contributed by atoms with Crippen molar-refractivity contribution in [1.82, 2.24) is 61.2 Å². The lowest BCUT2D eigenvalue weighted by atomic mass is 9.99. The maximum Gasteiger partial charge on any atom is 0.569 e. The Morgan fingerprint density at radius 1 is 0.491 bits per heavy atom. The zero-order valence-corrected chi connectivity index (χ0v) is 62.2. The first kappa shape index (κ1) is 76.5. The first-order valence-corrected chi connectivity index (χ1v) is 38.8. The topological polar surface area (TPSA) is 387 Å². The van der Waals surface area contributed by atoms with E-state index < -0.39 is 46.4 Å². The summed E-state index contributed by atoms with van der Waals surface area (Å²) < 4.78 is 119. The van der Waals surface area contributed by atoms with Crippen LogP contribution in [0.25, 0.3) is 66.0 Å². The quantitative estimate of drug-likeness (QED) is 0.0515. The Kier molecular flexibility index (Phi) is 24.3. The summed E-state index contributed by atoms with van der Waals surface area (Å²) in [7, 11) is -4.86. The molecule has 0 saturated carbocycles. The van der Waals surface area contributed by atoms with Crippen LogP contribution < -0.4 is 44.6 Å². The maximum absolute atomic E-state index is 13.7. The first-order valence-electron chi connectivity index (χ1n) is 30.3. The van der Waals surface area contributed by atoms with Crippen molar-refractivity contribution in [2.24, 2.45) is 0 Å². The average molecular weight is 1610 g/mol. The summed E-state index contributed by atoms with van der Waals surface area (Å²) >= 11 is 21.1. The number of hydrogen-bond donors (Lipinski definition) is 4. The second-order valence-corrected chi connectivity index (χ2v) is 31.5. The molecule has 0 spiro atoms. The highest BCUT2D eigenvalue weighted by molar-refractivity contribution is 7.93. The molecule has 6 heterocycles. The van der Waals surface area contributed by atoms with E-state index in [1.165, 1.54) is 92.5 Å². The van der Waals surface area contributed by atoms with Gasteiger partial charge in [-0.15, -0.1) is 53.3 Å². The van der Waals surface area contributed by atoms with Gasteiger partial charge in [0.2, 0.25) is 5.13 Å². The Bertz CT molecular complexity index is 6080. The highest BCUT2D eigenvalue weighted by atomic mass is 35.5. The first-order chi connectivity index (χ1) is 50.9. The van der Waals surface area contributed by atoms with E-state index in [2.05, 4.69) is 61.2 Å². The van der Waals surface area contributed by atoms with E-state index in [1.807, 2.05) is 0 Å². The number of sulfonamides is 1. The molecule has 0 fully saturated rings. The highest BCUT2D eigenvalue weighted by Gasteiger charge is 2.29. The van der Waals surface area contributed by atoms with Gasteiger partial charge in [0, 0.05) is 43.4 Å². The lowest BCUT2D eigenvalue weighted by molar-refractivity contribution is 0.381. The lowest BCUT2D eigenvalue weighted by Gasteiger charge is -2.21. The van der Waals surface area contributed by atoms with E-state index in [4.69, 9.17) is 63.4 Å². The van der Waals surface area contributed by atoms with Crippen molar-refractivity contribution in [3.8, 4) is 62.4 Å². The molecule has 39 heteroatoms. The second-order valence-electron chi connectivity index (χ2n) is 21.8. The van der Waals surface area contributed by atoms with E-state index in [-0.39, 0.29) is 65.0 Å². The van der Waals surface area contributed by atoms with E-state index >= 15 is 0 Å². The summed E-state index contributed by atoms with van der Waals surface area (Å²) in [4.78, 5) is 37.0. The largest absolute Gasteiger partial charge is 0.569 e. The third-order valence-corrected chi connectivity index (χ3v) is 23.7. The molecule has 14 aromatic rings. The van der Waals surface area contributed by atoms with Crippen LogP contribution in [0.1, 0.15) is 15.6 Å². The molecule has 8 aromatic carbocycles. The van der Waals surface area contributed by atoms with E-state index in [0.717, 1.165) is 49.4 Å². The molecule has 106 heavy (non-hydrogen) atoms. The van der Waals surface area contributed by atoms with Crippen LogP contribution >= 0.6 is 68.8 Å². The number of H-pyrrole nitrogens is 3. The number of halogens is 4. The SMILES string of the molecule is COc1cc(-c2cccc(F)c2)ccc1-c1n[nH]c(=O)c2cc(S(=O)(=O)Cc3nncs3)ccc12.COc1cc(Cl)ccc1-c1n[nH]c(=O)c2cc(S(=O)(=O)Cc3nncs3)ccc12.COc1cc(Cl)ccc1O[B]O.COc1ccc(CN(c2nncs2)S(=O)(=O)c2ccc3c(Cl)n[nH]c(=O)c3c2)cc1. The Hall–Kier alpha value is -10.7. The second kappa shape index (κ2) is 33.6. The van der Waals surface area contributed by atoms with Crippen LogP contribution in [0.2, 0.25) is 15.2 Å². The van der Waals surface area contributed by atoms with Crippen molar-refractivity contribution in [3.63, 3.8) is 0 Å². The number of sulfone groups is 2. The fraction of sp³-hybridized carbons (Fsp3) is 0.104. The Morgan fingerprint density at radius 3 is 1.51 bits per heavy atom. The number of ether oxygens (including phenoxy) is 4. The van der Waals surface area contributed by atoms with Gasteiger partial charge >= 0.3 is 7.69 Å². The number of aromatic amines is 3. The molecule has 0 atom stereocenters. The van der Waals surface area contributed by atoms with Crippen LogP contribution in [0.4, 0.5) is 9.52 Å². The van der Waals surface area contributed by atoms with Crippen molar-refractivity contribution < 1.29 is 58.3 Å². The zero-order chi connectivity index (χ0) is 75.5. The fourth-order valence-corrected chi connectivity index (χ4v) is 17.4. The van der Waals surface area contributed by atoms with Crippen LogP contribution in [0.5, 0.6) is 28.7 Å². The molecule has 0 saturated heterocycles. The number of rotatable bonds is 20. The monoisotopic (exact) mass is 1600 g/mol. The summed E-state index contributed by atoms with van der Waals surface area (Å²) in [5, 5.41) is 53.9. The Labute approximate surface area is 628 Å². The molecule has 14 rings (SSSR count). The Morgan fingerprint density at radius 2 is 0.981 bits per heavy atom. The Balaban J connectivity index is 0.000000148. The minimum atomic E-state index is -4.07. The van der Waals surface area contributed by atoms with Gasteiger partial charge in [-0.3, -0.25) is 14.4 Å². The number of hydrogen-bond acceptors (Lipinski definition) is 27. The standard InChI is InChI=1S/C24H17FN4O4S2.C18H14ClN5O4S2.C18H13ClN4O4S2.C7H7BClO3/c1-33-21-10-15(14-3-2-4-16(25)9-14)5-7-19(21)23-18-8-6-17(11-20(18)24(30)29-28-23)35(31,32)12-22-27-26-13-34-22;1-28-12-4-2-11(3-5-12)9-24(18-23-20-10-29-18)30(26,27)13-6-7-14-15(8-13)17(25)22-21-16(14)19;1-27-15-6-10(19)2-4-13(15)17-12-5-3-11(7-14(12)18(24)23-22-17)29(25,26)8-16-21-20-9-28-16;1-11-7-4-5(9)2-3-6(7)12-8-10/h2-11,13H,12H2,1H3,(H,29,30);2-8,10H,9H2,1H3,(H,22,25);2-7,9H,8H2,1H3,(H,23,24);2-4,10H,1H3. The normalized spacial score (nSPS) is 11.3. The van der Waals surface area contributed by atoms with Gasteiger partial charge in [-0.25, -0.2) is 49.2 Å². The van der Waals surface area contributed by atoms with Gasteiger partial charge < -0.3 is 28.6 Å². The van der Waals surface area contributed by atoms with Crippen LogP contribution in [0, 0.1) is 5.82 Å². The summed E-state index contributed by atoms with van der Waals surface area (Å²) in [6.45, 7) is 0.0208. The highest BCUT2D eigenvalue weighted by Crippen LogP contribution is 2.39. The summed E-state index contributed by atoms with van der Waals surface area (Å²) in [5.41, 5.74) is 7.01. The number of methoxy groups -OCH3 is 4. The summed E-state index contributed by atoms with van der Waals surface area (Å²) in [6, 6.07) is 41.2. The predicted octanol–water partition coefficient (Wildman–Crippen LogP) is 11.4. The van der Waals surface area contributed by atoms with Gasteiger partial charge in [0.1, 0.15) is 78.3 Å². The third-order valence-electron chi connectivity index (χ3n) is 15.4. The van der Waals surface area contributed by atoms with Crippen molar-refractivity contribution in [2.45, 2.75) is 32.7 Å². The maximum atomic E-state index is 13.7. The van der Waals surface area contributed by atoms with Crippen molar-refractivity contribution in [1.29, 1.82) is 0 Å². The number of aromatic nitrogens is 12. The third kappa shape index (κ3) is 17.6. The van der Waals surface area contributed by atoms with Gasteiger partial charge in [-0.1, -0.05) is 88.6 Å². The van der Waals surface area contributed by atoms with E-state index in [9.17, 15) is 44.0 Å². The number of anilines is 1. The lowest BCUT2D eigenvalue weighted by Crippen LogP contribution is -2.30. The molecule has 1 radical (unpaired) electrons. The van der Waals surface area contributed by atoms with Crippen molar-refractivity contribution in [2.75, 3.05) is 32.7 Å². The van der Waals surface area contributed by atoms with Crippen LogP contribution in [0.3, 0.4) is 0 Å². The number of fused-ring (bicyclic) bond motifs is 3. The minimum Gasteiger partial charge on any atom is -0.535 e. The molecule has 541 valence electrons. The molecule has 0 aliphatic heterocycles. The van der Waals surface area contributed by atoms with Crippen LogP contribution in [-0.4, -0.2) is 128 Å². The van der Waals surface area contributed by atoms with E-state index in [0.29, 0.717) is 101 Å². The minimum absolute atomic E-state index is 0.00346. The average Bonchev–Trinajstić information content (AvgIpc) is 1.41. The molecular formula is C67H51BCl3FN13O15S6. The fourth-order valence-electron chi connectivity index (χ4n) is 10.3. The summed E-state index contributed by atoms with van der Waals surface area (Å²) in [5.74, 6) is 1.54. The van der Waals surface area contributed by atoms with Crippen LogP contribution in [0.15, 0.2) is 203 Å². The van der Waals surface area contributed by atoms with Gasteiger partial charge in [-0.2, -0.15) is 15.3 Å². The van der Waals surface area contributed by atoms with Gasteiger partial charge in [-0.05, 0) is 126 Å². The molecule has 0 unspecified atom stereocenters. The number of nitrogens with one attached hydrogen (secondary N) is 3.